The van der Waals surface area contributed by atoms with E-state index in [1.807, 2.05) is 79.9 Å². The lowest BCUT2D eigenvalue weighted by atomic mass is 10.1. The molecular formula is C27H22N4O2. The number of carbonyl (C=O) groups is 1. The summed E-state index contributed by atoms with van der Waals surface area (Å²) < 4.78 is 7.17. The average Bonchev–Trinajstić information content (AvgIpc) is 3.29. The van der Waals surface area contributed by atoms with Gasteiger partial charge >= 0.3 is 0 Å². The lowest BCUT2D eigenvalue weighted by molar-refractivity contribution is -0.112. The molecule has 4 rings (SSSR count). The Labute approximate surface area is 192 Å². The highest BCUT2D eigenvalue weighted by Gasteiger charge is 2.15. The van der Waals surface area contributed by atoms with E-state index in [2.05, 4.69) is 5.32 Å². The molecule has 1 amide bonds. The number of ether oxygens (including phenoxy) is 1. The zero-order chi connectivity index (χ0) is 23.0. The third-order valence-corrected chi connectivity index (χ3v) is 4.90. The van der Waals surface area contributed by atoms with Gasteiger partial charge in [0.1, 0.15) is 17.4 Å². The maximum Gasteiger partial charge on any atom is 0.266 e. The zero-order valence-corrected chi connectivity index (χ0v) is 18.1. The van der Waals surface area contributed by atoms with Crippen LogP contribution in [0.3, 0.4) is 0 Å². The molecule has 0 atom stereocenters. The van der Waals surface area contributed by atoms with Crippen LogP contribution in [0.5, 0.6) is 5.75 Å². The van der Waals surface area contributed by atoms with Crippen molar-refractivity contribution in [3.8, 4) is 28.8 Å². The highest BCUT2D eigenvalue weighted by atomic mass is 16.5. The first kappa shape index (κ1) is 21.6. The second-order valence-corrected chi connectivity index (χ2v) is 7.16. The van der Waals surface area contributed by atoms with E-state index in [1.54, 1.807) is 35.0 Å². The van der Waals surface area contributed by atoms with E-state index in [9.17, 15) is 10.1 Å². The lowest BCUT2D eigenvalue weighted by Gasteiger charge is -2.06. The summed E-state index contributed by atoms with van der Waals surface area (Å²) in [6.45, 7) is 2.47. The molecule has 0 aliphatic carbocycles. The summed E-state index contributed by atoms with van der Waals surface area (Å²) in [4.78, 5) is 12.8. The second-order valence-electron chi connectivity index (χ2n) is 7.16. The van der Waals surface area contributed by atoms with Crippen LogP contribution in [-0.2, 0) is 4.79 Å². The van der Waals surface area contributed by atoms with Crippen molar-refractivity contribution in [2.45, 2.75) is 6.92 Å². The van der Waals surface area contributed by atoms with Crippen molar-refractivity contribution in [1.82, 2.24) is 9.78 Å². The fraction of sp³-hybridized carbons (Fsp3) is 0.0741. The molecule has 0 unspecified atom stereocenters. The molecule has 33 heavy (non-hydrogen) atoms. The van der Waals surface area contributed by atoms with E-state index in [-0.39, 0.29) is 5.57 Å². The molecule has 162 valence electrons. The fourth-order valence-corrected chi connectivity index (χ4v) is 3.33. The number of amides is 1. The Morgan fingerprint density at radius 2 is 1.70 bits per heavy atom. The van der Waals surface area contributed by atoms with Crippen molar-refractivity contribution < 1.29 is 9.53 Å². The normalized spacial score (nSPS) is 11.0. The first-order valence-corrected chi connectivity index (χ1v) is 10.5. The van der Waals surface area contributed by atoms with E-state index in [0.29, 0.717) is 29.3 Å². The Morgan fingerprint density at radius 3 is 2.33 bits per heavy atom. The van der Waals surface area contributed by atoms with Crippen LogP contribution >= 0.6 is 0 Å². The quantitative estimate of drug-likeness (QED) is 0.308. The van der Waals surface area contributed by atoms with Gasteiger partial charge in [0.05, 0.1) is 18.0 Å². The Kier molecular flexibility index (Phi) is 6.62. The Balaban J connectivity index is 1.67. The van der Waals surface area contributed by atoms with Crippen LogP contribution in [0.15, 0.2) is 96.7 Å². The first-order chi connectivity index (χ1) is 16.2. The van der Waals surface area contributed by atoms with Crippen molar-refractivity contribution in [2.75, 3.05) is 11.9 Å². The molecule has 3 aromatic carbocycles. The molecule has 0 bridgehead atoms. The standard InChI is InChI=1S/C27H22N4O2/c1-2-33-25-15-13-23(14-16-25)29-27(32)21(18-28)17-22-19-31(24-11-7-4-8-12-24)30-26(22)20-9-5-3-6-10-20/h3-17,19H,2H2,1H3,(H,29,32)/b21-17+. The van der Waals surface area contributed by atoms with Crippen LogP contribution in [-0.4, -0.2) is 22.3 Å². The minimum absolute atomic E-state index is 0.0197. The molecule has 1 heterocycles. The van der Waals surface area contributed by atoms with Crippen molar-refractivity contribution >= 4 is 17.7 Å². The number of aromatic nitrogens is 2. The minimum Gasteiger partial charge on any atom is -0.494 e. The van der Waals surface area contributed by atoms with Gasteiger partial charge in [0, 0.05) is 23.0 Å². The van der Waals surface area contributed by atoms with E-state index in [0.717, 1.165) is 11.3 Å². The van der Waals surface area contributed by atoms with Crippen molar-refractivity contribution in [2.24, 2.45) is 0 Å². The molecule has 1 aromatic heterocycles. The molecule has 6 heteroatoms. The maximum absolute atomic E-state index is 12.8. The molecule has 0 saturated carbocycles. The Bertz CT molecular complexity index is 1300. The topological polar surface area (TPSA) is 79.9 Å². The summed E-state index contributed by atoms with van der Waals surface area (Å²) in [6, 6.07) is 28.4. The molecule has 0 aliphatic rings. The predicted molar refractivity (Wildman–Crippen MR) is 129 cm³/mol. The highest BCUT2D eigenvalue weighted by Crippen LogP contribution is 2.26. The molecule has 4 aromatic rings. The molecule has 0 spiro atoms. The number of hydrogen-bond donors (Lipinski definition) is 1. The van der Waals surface area contributed by atoms with Gasteiger partial charge in [-0.1, -0.05) is 48.5 Å². The summed E-state index contributed by atoms with van der Waals surface area (Å²) in [5, 5.41) is 17.2. The third kappa shape index (κ3) is 5.17. The van der Waals surface area contributed by atoms with Gasteiger partial charge in [-0.05, 0) is 49.4 Å². The molecule has 0 fully saturated rings. The van der Waals surface area contributed by atoms with Crippen LogP contribution in [0.25, 0.3) is 23.0 Å². The van der Waals surface area contributed by atoms with E-state index in [4.69, 9.17) is 9.84 Å². The third-order valence-electron chi connectivity index (χ3n) is 4.90. The Hall–Kier alpha value is -4.63. The van der Waals surface area contributed by atoms with E-state index in [1.165, 1.54) is 0 Å². The molecule has 1 N–H and O–H groups in total. The van der Waals surface area contributed by atoms with Gasteiger partial charge in [0.2, 0.25) is 0 Å². The van der Waals surface area contributed by atoms with Gasteiger partial charge in [-0.3, -0.25) is 4.79 Å². The lowest BCUT2D eigenvalue weighted by Crippen LogP contribution is -2.13. The van der Waals surface area contributed by atoms with Crippen molar-refractivity contribution in [3.05, 3.63) is 102 Å². The summed E-state index contributed by atoms with van der Waals surface area (Å²) in [5.74, 6) is 0.223. The molecule has 6 nitrogen and oxygen atoms in total. The summed E-state index contributed by atoms with van der Waals surface area (Å²) >= 11 is 0. The van der Waals surface area contributed by atoms with Gasteiger partial charge in [0.15, 0.2) is 0 Å². The SMILES string of the molecule is CCOc1ccc(NC(=O)/C(C#N)=C/c2cn(-c3ccccc3)nc2-c2ccccc2)cc1. The van der Waals surface area contributed by atoms with Gasteiger partial charge in [-0.15, -0.1) is 0 Å². The number of para-hydroxylation sites is 1. The molecule has 0 radical (unpaired) electrons. The van der Waals surface area contributed by atoms with Gasteiger partial charge in [0.25, 0.3) is 5.91 Å². The minimum atomic E-state index is -0.492. The van der Waals surface area contributed by atoms with E-state index < -0.39 is 5.91 Å². The number of nitrogens with one attached hydrogen (secondary N) is 1. The number of carbonyl (C=O) groups excluding carboxylic acids is 1. The summed E-state index contributed by atoms with van der Waals surface area (Å²) in [6.07, 6.45) is 3.39. The number of benzene rings is 3. The molecular weight excluding hydrogens is 412 g/mol. The van der Waals surface area contributed by atoms with Crippen LogP contribution in [0.4, 0.5) is 5.69 Å². The van der Waals surface area contributed by atoms with Crippen LogP contribution in [0, 0.1) is 11.3 Å². The van der Waals surface area contributed by atoms with Crippen LogP contribution in [0.1, 0.15) is 12.5 Å². The highest BCUT2D eigenvalue weighted by molar-refractivity contribution is 6.10. The summed E-state index contributed by atoms with van der Waals surface area (Å²) in [7, 11) is 0. The van der Waals surface area contributed by atoms with E-state index >= 15 is 0 Å². The molecule has 0 aliphatic heterocycles. The predicted octanol–water partition coefficient (Wildman–Crippen LogP) is 5.48. The zero-order valence-electron chi connectivity index (χ0n) is 18.1. The number of rotatable bonds is 7. The first-order valence-electron chi connectivity index (χ1n) is 10.5. The van der Waals surface area contributed by atoms with Gasteiger partial charge in [-0.25, -0.2) is 4.68 Å². The van der Waals surface area contributed by atoms with Crippen molar-refractivity contribution in [3.63, 3.8) is 0 Å². The number of anilines is 1. The van der Waals surface area contributed by atoms with Crippen LogP contribution < -0.4 is 10.1 Å². The van der Waals surface area contributed by atoms with Crippen LogP contribution in [0.2, 0.25) is 0 Å². The smallest absolute Gasteiger partial charge is 0.266 e. The average molecular weight is 434 g/mol. The largest absolute Gasteiger partial charge is 0.494 e. The number of hydrogen-bond acceptors (Lipinski definition) is 4. The van der Waals surface area contributed by atoms with Gasteiger partial charge in [-0.2, -0.15) is 10.4 Å². The number of nitrogens with zero attached hydrogens (tertiary/aromatic N) is 3. The van der Waals surface area contributed by atoms with Crippen molar-refractivity contribution in [1.29, 1.82) is 5.26 Å². The molecule has 0 saturated heterocycles. The van der Waals surface area contributed by atoms with Gasteiger partial charge < -0.3 is 10.1 Å². The number of nitriles is 1. The Morgan fingerprint density at radius 1 is 1.03 bits per heavy atom. The monoisotopic (exact) mass is 434 g/mol. The second kappa shape index (κ2) is 10.1. The fourth-order valence-electron chi connectivity index (χ4n) is 3.33. The maximum atomic E-state index is 12.8. The summed E-state index contributed by atoms with van der Waals surface area (Å²) in [5.41, 5.74) is 3.68.